The highest BCUT2D eigenvalue weighted by Gasteiger charge is 2.50. The molecule has 0 amide bonds. The molecular weight excluding hydrogens is 414 g/mol. The zero-order valence-electron chi connectivity index (χ0n) is 19.4. The first-order valence-electron chi connectivity index (χ1n) is 11.6. The van der Waals surface area contributed by atoms with E-state index in [9.17, 15) is 0 Å². The molecule has 5 fully saturated rings. The summed E-state index contributed by atoms with van der Waals surface area (Å²) in [6, 6.07) is 1.56. The molecule has 1 aliphatic heterocycles. The average Bonchev–Trinajstić information content (AvgIpc) is 3.16. The van der Waals surface area contributed by atoms with Gasteiger partial charge in [0.15, 0.2) is 0 Å². The maximum Gasteiger partial charge on any atom is 0.318 e. The maximum absolute atomic E-state index is 9.00. The van der Waals surface area contributed by atoms with Crippen molar-refractivity contribution >= 4 is 18.0 Å². The third-order valence-corrected chi connectivity index (χ3v) is 6.97. The quantitative estimate of drug-likeness (QED) is 0.623. The number of carbonyl (C=O) groups is 2. The highest BCUT2D eigenvalue weighted by molar-refractivity contribution is 5.63. The van der Waals surface area contributed by atoms with Crippen LogP contribution in [0.1, 0.15) is 51.8 Å². The summed E-state index contributed by atoms with van der Waals surface area (Å²) in [6.45, 7) is 7.14. The molecule has 3 N–H and O–H groups in total. The molecular formula is C22H37N5O5. The number of anilines is 1. The zero-order chi connectivity index (χ0) is 23.3. The fourth-order valence-electron chi connectivity index (χ4n) is 6.30. The first kappa shape index (κ1) is 24.4. The highest BCUT2D eigenvalue weighted by Crippen LogP contribution is 2.55. The van der Waals surface area contributed by atoms with Crippen LogP contribution in [0, 0.1) is 23.7 Å². The molecule has 10 nitrogen and oxygen atoms in total. The molecule has 0 aromatic carbocycles. The standard InChI is InChI=1S/C18H29N5O.2C2H4O2/c1-19-11-16-20-21-18(24-16)23-4-2-22(3-5-23)17-14-7-12-6-13(9-14)10-15(17)8-12;2*1-2(3)4/h12-15,17,19H,2-11H2,1H3;2*1H3,(H,3,4). The fourth-order valence-corrected chi connectivity index (χ4v) is 6.30. The lowest BCUT2D eigenvalue weighted by atomic mass is 9.54. The van der Waals surface area contributed by atoms with Crippen LogP contribution in [0.4, 0.5) is 6.01 Å². The predicted molar refractivity (Wildman–Crippen MR) is 118 cm³/mol. The molecule has 1 aromatic heterocycles. The van der Waals surface area contributed by atoms with E-state index in [1.165, 1.54) is 25.7 Å². The molecule has 0 unspecified atom stereocenters. The Kier molecular flexibility index (Phi) is 8.47. The van der Waals surface area contributed by atoms with Crippen LogP contribution in [0.25, 0.3) is 0 Å². The minimum atomic E-state index is -0.833. The van der Waals surface area contributed by atoms with Crippen LogP contribution in [0.3, 0.4) is 0 Å². The molecule has 0 atom stereocenters. The third-order valence-electron chi connectivity index (χ3n) is 6.97. The minimum Gasteiger partial charge on any atom is -0.481 e. The van der Waals surface area contributed by atoms with Crippen molar-refractivity contribution in [1.82, 2.24) is 20.4 Å². The lowest BCUT2D eigenvalue weighted by Gasteiger charge is -2.58. The Labute approximate surface area is 189 Å². The lowest BCUT2D eigenvalue weighted by Crippen LogP contribution is -2.60. The molecule has 2 heterocycles. The summed E-state index contributed by atoms with van der Waals surface area (Å²) >= 11 is 0. The largest absolute Gasteiger partial charge is 0.481 e. The van der Waals surface area contributed by atoms with Crippen LogP contribution in [0.5, 0.6) is 0 Å². The number of hydrogen-bond acceptors (Lipinski definition) is 8. The van der Waals surface area contributed by atoms with Crippen molar-refractivity contribution in [3.63, 3.8) is 0 Å². The number of carboxylic acid groups (broad SMARTS) is 2. The van der Waals surface area contributed by atoms with Crippen molar-refractivity contribution in [2.75, 3.05) is 38.1 Å². The smallest absolute Gasteiger partial charge is 0.318 e. The molecule has 1 saturated heterocycles. The minimum absolute atomic E-state index is 0.640. The van der Waals surface area contributed by atoms with E-state index in [1.54, 1.807) is 6.42 Å². The number of aromatic nitrogens is 2. The van der Waals surface area contributed by atoms with Gasteiger partial charge in [0.2, 0.25) is 5.89 Å². The summed E-state index contributed by atoms with van der Waals surface area (Å²) in [6.07, 6.45) is 7.58. The summed E-state index contributed by atoms with van der Waals surface area (Å²) < 4.78 is 5.76. The van der Waals surface area contributed by atoms with E-state index in [2.05, 4.69) is 25.3 Å². The van der Waals surface area contributed by atoms with Crippen molar-refractivity contribution in [3.05, 3.63) is 5.89 Å². The van der Waals surface area contributed by atoms with E-state index >= 15 is 0 Å². The van der Waals surface area contributed by atoms with Gasteiger partial charge in [-0.3, -0.25) is 14.5 Å². The first-order valence-corrected chi connectivity index (χ1v) is 11.6. The van der Waals surface area contributed by atoms with Gasteiger partial charge in [0, 0.05) is 46.1 Å². The van der Waals surface area contributed by atoms with Crippen LogP contribution < -0.4 is 10.2 Å². The molecule has 6 rings (SSSR count). The second-order valence-electron chi connectivity index (χ2n) is 9.49. The summed E-state index contributed by atoms with van der Waals surface area (Å²) in [5.41, 5.74) is 0. The van der Waals surface area contributed by atoms with Gasteiger partial charge in [-0.05, 0) is 62.8 Å². The second-order valence-corrected chi connectivity index (χ2v) is 9.49. The SMILES string of the molecule is CC(=O)O.CC(=O)O.CNCc1nnc(N2CCN(C3C4CC5CC(C4)CC3C5)CC2)o1. The molecule has 4 bridgehead atoms. The van der Waals surface area contributed by atoms with E-state index < -0.39 is 11.9 Å². The van der Waals surface area contributed by atoms with Gasteiger partial charge in [-0.2, -0.15) is 0 Å². The van der Waals surface area contributed by atoms with Gasteiger partial charge in [-0.15, -0.1) is 5.10 Å². The summed E-state index contributed by atoms with van der Waals surface area (Å²) in [4.78, 5) is 23.1. The number of hydrogen-bond donors (Lipinski definition) is 3. The Morgan fingerprint density at radius 3 is 1.91 bits per heavy atom. The Morgan fingerprint density at radius 2 is 1.44 bits per heavy atom. The molecule has 0 spiro atoms. The van der Waals surface area contributed by atoms with E-state index in [1.807, 2.05) is 7.05 Å². The molecule has 1 aromatic rings. The summed E-state index contributed by atoms with van der Waals surface area (Å²) in [5.74, 6) is 3.11. The predicted octanol–water partition coefficient (Wildman–Crippen LogP) is 1.92. The van der Waals surface area contributed by atoms with Crippen molar-refractivity contribution in [2.24, 2.45) is 23.7 Å². The van der Waals surface area contributed by atoms with E-state index in [4.69, 9.17) is 24.2 Å². The molecule has 32 heavy (non-hydrogen) atoms. The van der Waals surface area contributed by atoms with Gasteiger partial charge in [0.05, 0.1) is 6.54 Å². The van der Waals surface area contributed by atoms with Gasteiger partial charge in [-0.1, -0.05) is 5.10 Å². The van der Waals surface area contributed by atoms with Gasteiger partial charge < -0.3 is 24.8 Å². The Hall–Kier alpha value is -2.20. The molecule has 10 heteroatoms. The average molecular weight is 452 g/mol. The highest BCUT2D eigenvalue weighted by atomic mass is 16.4. The number of aliphatic carboxylic acids is 2. The van der Waals surface area contributed by atoms with Crippen molar-refractivity contribution in [1.29, 1.82) is 0 Å². The first-order chi connectivity index (χ1) is 15.3. The van der Waals surface area contributed by atoms with Gasteiger partial charge in [0.25, 0.3) is 11.9 Å². The monoisotopic (exact) mass is 451 g/mol. The van der Waals surface area contributed by atoms with Crippen LogP contribution >= 0.6 is 0 Å². The Balaban J connectivity index is 0.000000316. The van der Waals surface area contributed by atoms with Crippen LogP contribution in [-0.2, 0) is 16.1 Å². The van der Waals surface area contributed by atoms with Crippen LogP contribution in [0.2, 0.25) is 0 Å². The second kappa shape index (κ2) is 11.1. The van der Waals surface area contributed by atoms with Crippen molar-refractivity contribution in [2.45, 2.75) is 58.5 Å². The Morgan fingerprint density at radius 1 is 0.938 bits per heavy atom. The molecule has 5 aliphatic rings. The molecule has 0 radical (unpaired) electrons. The summed E-state index contributed by atoms with van der Waals surface area (Å²) in [7, 11) is 1.90. The molecule has 180 valence electrons. The number of nitrogens with zero attached hydrogens (tertiary/aromatic N) is 4. The number of rotatable bonds is 4. The third kappa shape index (κ3) is 6.41. The van der Waals surface area contributed by atoms with E-state index in [0.717, 1.165) is 69.7 Å². The maximum atomic E-state index is 9.00. The van der Waals surface area contributed by atoms with E-state index in [-0.39, 0.29) is 0 Å². The number of piperazine rings is 1. The number of nitrogens with one attached hydrogen (secondary N) is 1. The van der Waals surface area contributed by atoms with Crippen LogP contribution in [-0.4, -0.2) is 76.5 Å². The Bertz CT molecular complexity index is 714. The zero-order valence-corrected chi connectivity index (χ0v) is 19.4. The lowest BCUT2D eigenvalue weighted by molar-refractivity contribution is -0.135. The normalized spacial score (nSPS) is 30.7. The number of carboxylic acids is 2. The van der Waals surface area contributed by atoms with Gasteiger partial charge >= 0.3 is 6.01 Å². The topological polar surface area (TPSA) is 132 Å². The molecule has 4 saturated carbocycles. The van der Waals surface area contributed by atoms with E-state index in [0.29, 0.717) is 18.5 Å². The summed E-state index contributed by atoms with van der Waals surface area (Å²) in [5, 5.41) is 26.2. The van der Waals surface area contributed by atoms with Gasteiger partial charge in [-0.25, -0.2) is 0 Å². The fraction of sp³-hybridized carbons (Fsp3) is 0.818. The van der Waals surface area contributed by atoms with Crippen molar-refractivity contribution < 1.29 is 24.2 Å². The van der Waals surface area contributed by atoms with Gasteiger partial charge in [0.1, 0.15) is 0 Å². The van der Waals surface area contributed by atoms with Crippen LogP contribution in [0.15, 0.2) is 4.42 Å². The van der Waals surface area contributed by atoms with Crippen molar-refractivity contribution in [3.8, 4) is 0 Å². The molecule has 4 aliphatic carbocycles.